The van der Waals surface area contributed by atoms with Crippen molar-refractivity contribution in [3.05, 3.63) is 83.5 Å². The van der Waals surface area contributed by atoms with Gasteiger partial charge in [-0.2, -0.15) is 10.4 Å². The molecule has 4 aromatic rings. The van der Waals surface area contributed by atoms with Gasteiger partial charge in [0.2, 0.25) is 0 Å². The third-order valence-corrected chi connectivity index (χ3v) is 6.07. The molecule has 0 atom stereocenters. The lowest BCUT2D eigenvalue weighted by Crippen LogP contribution is -2.15. The Morgan fingerprint density at radius 2 is 1.78 bits per heavy atom. The van der Waals surface area contributed by atoms with Gasteiger partial charge in [0.25, 0.3) is 0 Å². The van der Waals surface area contributed by atoms with Crippen LogP contribution in [0.15, 0.2) is 54.9 Å². The van der Waals surface area contributed by atoms with Crippen LogP contribution in [0.2, 0.25) is 0 Å². The number of anilines is 1. The van der Waals surface area contributed by atoms with Crippen molar-refractivity contribution in [2.75, 3.05) is 18.9 Å². The van der Waals surface area contributed by atoms with Crippen molar-refractivity contribution in [2.24, 2.45) is 0 Å². The van der Waals surface area contributed by atoms with Crippen molar-refractivity contribution < 1.29 is 18.6 Å². The number of hydrogen-bond donors (Lipinski definition) is 1. The molecule has 2 aromatic carbocycles. The number of ether oxygens (including phenoxy) is 3. The van der Waals surface area contributed by atoms with Crippen molar-refractivity contribution in [3.63, 3.8) is 0 Å². The van der Waals surface area contributed by atoms with E-state index in [0.717, 1.165) is 24.1 Å². The normalized spacial score (nSPS) is 13.8. The fourth-order valence-electron chi connectivity index (χ4n) is 4.15. The first-order valence-electron chi connectivity index (χ1n) is 11.9. The third-order valence-electron chi connectivity index (χ3n) is 6.07. The summed E-state index contributed by atoms with van der Waals surface area (Å²) in [5.74, 6) is 1.42. The van der Waals surface area contributed by atoms with Gasteiger partial charge in [0.15, 0.2) is 5.69 Å². The SMILES string of the molecule is Cc1ncc(COc2cc(F)cc(Oc3ccc(-n4nc(C5CCOCC5)c(N)c4C#N)cc3)c2)cn1. The highest BCUT2D eigenvalue weighted by Gasteiger charge is 2.25. The second kappa shape index (κ2) is 10.6. The van der Waals surface area contributed by atoms with Crippen molar-refractivity contribution in [1.82, 2.24) is 19.7 Å². The van der Waals surface area contributed by atoms with E-state index in [2.05, 4.69) is 21.1 Å². The van der Waals surface area contributed by atoms with Crippen LogP contribution in [0.4, 0.5) is 10.1 Å². The first kappa shape index (κ1) is 24.2. The summed E-state index contributed by atoms with van der Waals surface area (Å²) >= 11 is 0. The molecule has 188 valence electrons. The van der Waals surface area contributed by atoms with Crippen LogP contribution in [0.25, 0.3) is 5.69 Å². The number of halogens is 1. The van der Waals surface area contributed by atoms with Gasteiger partial charge < -0.3 is 19.9 Å². The summed E-state index contributed by atoms with van der Waals surface area (Å²) in [7, 11) is 0. The van der Waals surface area contributed by atoms with Gasteiger partial charge in [-0.1, -0.05) is 0 Å². The average molecular weight is 501 g/mol. The highest BCUT2D eigenvalue weighted by atomic mass is 19.1. The second-order valence-electron chi connectivity index (χ2n) is 8.70. The van der Waals surface area contributed by atoms with Crippen molar-refractivity contribution in [2.45, 2.75) is 32.3 Å². The van der Waals surface area contributed by atoms with Gasteiger partial charge >= 0.3 is 0 Å². The van der Waals surface area contributed by atoms with Crippen LogP contribution in [0, 0.1) is 24.1 Å². The largest absolute Gasteiger partial charge is 0.489 e. The zero-order valence-corrected chi connectivity index (χ0v) is 20.2. The van der Waals surface area contributed by atoms with E-state index in [1.807, 2.05) is 0 Å². The summed E-state index contributed by atoms with van der Waals surface area (Å²) < 4.78 is 32.8. The molecule has 0 spiro atoms. The fourth-order valence-corrected chi connectivity index (χ4v) is 4.15. The number of aromatic nitrogens is 4. The maximum atomic E-state index is 14.2. The molecule has 1 aliphatic rings. The van der Waals surface area contributed by atoms with Crippen LogP contribution in [-0.2, 0) is 11.3 Å². The van der Waals surface area contributed by atoms with E-state index in [1.165, 1.54) is 12.1 Å². The molecule has 2 aromatic heterocycles. The van der Waals surface area contributed by atoms with E-state index in [0.29, 0.717) is 47.6 Å². The van der Waals surface area contributed by atoms with E-state index in [1.54, 1.807) is 54.3 Å². The van der Waals surface area contributed by atoms with E-state index < -0.39 is 5.82 Å². The standard InChI is InChI=1S/C27H25FN6O3/c1-17-31-14-18(15-32-17)16-36-23-10-20(28)11-24(12-23)37-22-4-2-21(3-5-22)34-25(13-29)26(30)27(33-34)19-6-8-35-9-7-19/h2-5,10-12,14-15,19H,6-9,16,30H2,1H3. The van der Waals surface area contributed by atoms with Gasteiger partial charge in [-0.15, -0.1) is 0 Å². The minimum atomic E-state index is -0.490. The monoisotopic (exact) mass is 500 g/mol. The van der Waals surface area contributed by atoms with Crippen molar-refractivity contribution in [3.8, 4) is 29.0 Å². The number of nitrogens with zero attached hydrogens (tertiary/aromatic N) is 5. The Kier molecular flexibility index (Phi) is 6.96. The van der Waals surface area contributed by atoms with Crippen molar-refractivity contribution in [1.29, 1.82) is 5.26 Å². The number of nitriles is 1. The number of nitrogens with two attached hydrogens (primary N) is 1. The van der Waals surface area contributed by atoms with Crippen LogP contribution in [0.5, 0.6) is 17.2 Å². The average Bonchev–Trinajstić information content (AvgIpc) is 3.25. The maximum Gasteiger partial charge on any atom is 0.167 e. The molecule has 10 heteroatoms. The second-order valence-corrected chi connectivity index (χ2v) is 8.70. The molecule has 1 saturated heterocycles. The Morgan fingerprint density at radius 1 is 1.08 bits per heavy atom. The minimum absolute atomic E-state index is 0.160. The molecule has 0 saturated carbocycles. The number of hydrogen-bond acceptors (Lipinski definition) is 8. The van der Waals surface area contributed by atoms with Crippen molar-refractivity contribution >= 4 is 5.69 Å². The van der Waals surface area contributed by atoms with Gasteiger partial charge in [0.1, 0.15) is 41.6 Å². The molecule has 0 amide bonds. The number of aryl methyl sites for hydroxylation is 1. The molecule has 9 nitrogen and oxygen atoms in total. The minimum Gasteiger partial charge on any atom is -0.489 e. The predicted octanol–water partition coefficient (Wildman–Crippen LogP) is 4.83. The number of nitrogen functional groups attached to an aromatic ring is 1. The summed E-state index contributed by atoms with van der Waals surface area (Å²) in [5.41, 5.74) is 9.14. The Labute approximate surface area is 213 Å². The molecule has 2 N–H and O–H groups in total. The first-order chi connectivity index (χ1) is 18.0. The molecule has 0 aliphatic carbocycles. The molecule has 5 rings (SSSR count). The molecule has 0 unspecified atom stereocenters. The Morgan fingerprint density at radius 3 is 2.49 bits per heavy atom. The Hall–Kier alpha value is -4.49. The molecule has 1 aliphatic heterocycles. The molecule has 1 fully saturated rings. The zero-order chi connectivity index (χ0) is 25.8. The molecular formula is C27H25FN6O3. The first-order valence-corrected chi connectivity index (χ1v) is 11.9. The summed E-state index contributed by atoms with van der Waals surface area (Å²) in [4.78, 5) is 8.25. The van der Waals surface area contributed by atoms with E-state index >= 15 is 0 Å². The lowest BCUT2D eigenvalue weighted by molar-refractivity contribution is 0.0845. The van der Waals surface area contributed by atoms with Crippen LogP contribution in [0.3, 0.4) is 0 Å². The molecule has 3 heterocycles. The topological polar surface area (TPSA) is 121 Å². The molecule has 0 bridgehead atoms. The highest BCUT2D eigenvalue weighted by Crippen LogP contribution is 2.33. The van der Waals surface area contributed by atoms with Gasteiger partial charge in [-0.05, 0) is 44.0 Å². The lowest BCUT2D eigenvalue weighted by atomic mass is 9.95. The van der Waals surface area contributed by atoms with E-state index in [4.69, 9.17) is 19.9 Å². The number of benzene rings is 2. The van der Waals surface area contributed by atoms with Crippen LogP contribution in [0.1, 0.15) is 41.5 Å². The fraction of sp³-hybridized carbons (Fsp3) is 0.259. The van der Waals surface area contributed by atoms with Crippen LogP contribution < -0.4 is 15.2 Å². The Bertz CT molecular complexity index is 1420. The van der Waals surface area contributed by atoms with E-state index in [9.17, 15) is 9.65 Å². The van der Waals surface area contributed by atoms with E-state index in [-0.39, 0.29) is 18.3 Å². The van der Waals surface area contributed by atoms with Gasteiger partial charge in [0, 0.05) is 55.3 Å². The maximum absolute atomic E-state index is 14.2. The smallest absolute Gasteiger partial charge is 0.167 e. The molecule has 37 heavy (non-hydrogen) atoms. The van der Waals surface area contributed by atoms with Gasteiger partial charge in [0.05, 0.1) is 17.1 Å². The predicted molar refractivity (Wildman–Crippen MR) is 133 cm³/mol. The zero-order valence-electron chi connectivity index (χ0n) is 20.2. The highest BCUT2D eigenvalue weighted by molar-refractivity contribution is 5.58. The summed E-state index contributed by atoms with van der Waals surface area (Å²) in [6, 6.07) is 13.3. The van der Waals surface area contributed by atoms with Crippen LogP contribution in [-0.4, -0.2) is 33.0 Å². The Balaban J connectivity index is 1.31. The third kappa shape index (κ3) is 5.52. The molecule has 0 radical (unpaired) electrons. The van der Waals surface area contributed by atoms with Gasteiger partial charge in [-0.25, -0.2) is 19.0 Å². The lowest BCUT2D eigenvalue weighted by Gasteiger charge is -2.20. The number of rotatable bonds is 7. The summed E-state index contributed by atoms with van der Waals surface area (Å²) in [6.07, 6.45) is 4.96. The van der Waals surface area contributed by atoms with Gasteiger partial charge in [-0.3, -0.25) is 0 Å². The van der Waals surface area contributed by atoms with Crippen LogP contribution >= 0.6 is 0 Å². The summed E-state index contributed by atoms with van der Waals surface area (Å²) in [5, 5.41) is 14.4. The quantitative estimate of drug-likeness (QED) is 0.383. The molecular weight excluding hydrogens is 475 g/mol. The summed E-state index contributed by atoms with van der Waals surface area (Å²) in [6.45, 7) is 3.29.